The van der Waals surface area contributed by atoms with E-state index in [1.165, 1.54) is 31.5 Å². The van der Waals surface area contributed by atoms with Crippen LogP contribution in [-0.2, 0) is 32.7 Å². The zero-order chi connectivity index (χ0) is 35.9. The van der Waals surface area contributed by atoms with E-state index in [0.717, 1.165) is 82.9 Å². The van der Waals surface area contributed by atoms with Gasteiger partial charge in [0.05, 0.1) is 29.1 Å². The van der Waals surface area contributed by atoms with Gasteiger partial charge >= 0.3 is 0 Å². The van der Waals surface area contributed by atoms with E-state index in [1.807, 2.05) is 18.3 Å². The van der Waals surface area contributed by atoms with Crippen LogP contribution < -0.4 is 14.2 Å². The lowest BCUT2D eigenvalue weighted by Gasteiger charge is -2.27. The SMILES string of the molecule is Cc1c(COc2cc(OCc3cncc(C#N)c3)c(CN3CCc4cn[nH]c4C3)cc2Cl)cccc1-c1cccc(OCCCN2CCCC2)c1C. The Morgan fingerprint density at radius 1 is 0.827 bits per heavy atom. The molecule has 0 bridgehead atoms. The lowest BCUT2D eigenvalue weighted by molar-refractivity contribution is 0.232. The highest BCUT2D eigenvalue weighted by atomic mass is 35.5. The molecule has 9 nitrogen and oxygen atoms in total. The monoisotopic (exact) mass is 716 g/mol. The molecule has 0 amide bonds. The molecule has 1 N–H and O–H groups in total. The summed E-state index contributed by atoms with van der Waals surface area (Å²) in [5, 5.41) is 17.2. The average molecular weight is 717 g/mol. The van der Waals surface area contributed by atoms with Crippen molar-refractivity contribution in [3.63, 3.8) is 0 Å². The summed E-state index contributed by atoms with van der Waals surface area (Å²) in [6, 6.07) is 20.4. The number of benzene rings is 3. The molecule has 1 saturated heterocycles. The summed E-state index contributed by atoms with van der Waals surface area (Å²) in [6.45, 7) is 11.4. The van der Waals surface area contributed by atoms with Crippen molar-refractivity contribution in [2.45, 2.75) is 65.8 Å². The molecule has 52 heavy (non-hydrogen) atoms. The number of nitriles is 1. The van der Waals surface area contributed by atoms with Gasteiger partial charge in [0.25, 0.3) is 0 Å². The summed E-state index contributed by atoms with van der Waals surface area (Å²) in [6.07, 6.45) is 9.75. The molecule has 0 radical (unpaired) electrons. The Kier molecular flexibility index (Phi) is 11.4. The minimum Gasteiger partial charge on any atom is -0.493 e. The number of halogens is 1. The van der Waals surface area contributed by atoms with Crippen molar-refractivity contribution in [1.82, 2.24) is 25.0 Å². The third-order valence-electron chi connectivity index (χ3n) is 10.2. The third kappa shape index (κ3) is 8.42. The Morgan fingerprint density at radius 2 is 1.63 bits per heavy atom. The number of likely N-dealkylation sites (tertiary alicyclic amines) is 1. The smallest absolute Gasteiger partial charge is 0.142 e. The molecule has 2 aromatic heterocycles. The Morgan fingerprint density at radius 3 is 2.48 bits per heavy atom. The zero-order valence-corrected chi connectivity index (χ0v) is 30.7. The highest BCUT2D eigenvalue weighted by Crippen LogP contribution is 2.37. The molecule has 0 atom stereocenters. The summed E-state index contributed by atoms with van der Waals surface area (Å²) in [5.41, 5.74) is 10.3. The Bertz CT molecular complexity index is 2050. The Labute approximate surface area is 311 Å². The van der Waals surface area contributed by atoms with Crippen LogP contribution >= 0.6 is 11.6 Å². The van der Waals surface area contributed by atoms with Gasteiger partial charge in [-0.15, -0.1) is 0 Å². The van der Waals surface area contributed by atoms with Gasteiger partial charge in [0, 0.05) is 55.8 Å². The van der Waals surface area contributed by atoms with Gasteiger partial charge in [0.2, 0.25) is 0 Å². The van der Waals surface area contributed by atoms with Crippen LogP contribution in [0, 0.1) is 25.2 Å². The lowest BCUT2D eigenvalue weighted by Crippen LogP contribution is -2.30. The minimum atomic E-state index is 0.253. The molecule has 10 heteroatoms. The molecular weight excluding hydrogens is 672 g/mol. The molecule has 0 unspecified atom stereocenters. The van der Waals surface area contributed by atoms with Gasteiger partial charge < -0.3 is 19.1 Å². The fraction of sp³-hybridized carbons (Fsp3) is 0.357. The Hall–Kier alpha value is -4.88. The summed E-state index contributed by atoms with van der Waals surface area (Å²) in [7, 11) is 0. The normalized spacial score (nSPS) is 14.6. The van der Waals surface area contributed by atoms with E-state index in [0.29, 0.717) is 41.8 Å². The molecule has 268 valence electrons. The van der Waals surface area contributed by atoms with Crippen molar-refractivity contribution < 1.29 is 14.2 Å². The van der Waals surface area contributed by atoms with Gasteiger partial charge in [-0.1, -0.05) is 41.9 Å². The molecule has 5 aromatic rings. The van der Waals surface area contributed by atoms with E-state index in [1.54, 1.807) is 18.5 Å². The molecule has 4 heterocycles. The first-order chi connectivity index (χ1) is 25.4. The zero-order valence-electron chi connectivity index (χ0n) is 30.0. The first-order valence-corrected chi connectivity index (χ1v) is 18.5. The minimum absolute atomic E-state index is 0.253. The van der Waals surface area contributed by atoms with E-state index in [2.05, 4.69) is 81.3 Å². The van der Waals surface area contributed by atoms with Gasteiger partial charge in [-0.3, -0.25) is 15.0 Å². The van der Waals surface area contributed by atoms with E-state index >= 15 is 0 Å². The number of fused-ring (bicyclic) bond motifs is 1. The van der Waals surface area contributed by atoms with E-state index in [4.69, 9.17) is 25.8 Å². The van der Waals surface area contributed by atoms with E-state index in [9.17, 15) is 5.26 Å². The van der Waals surface area contributed by atoms with Crippen molar-refractivity contribution in [2.75, 3.05) is 32.8 Å². The molecule has 2 aliphatic heterocycles. The van der Waals surface area contributed by atoms with Crippen LogP contribution in [-0.4, -0.2) is 57.8 Å². The number of hydrogen-bond acceptors (Lipinski definition) is 8. The van der Waals surface area contributed by atoms with Crippen LogP contribution in [0.25, 0.3) is 11.1 Å². The van der Waals surface area contributed by atoms with Gasteiger partial charge in [-0.2, -0.15) is 10.4 Å². The number of nitrogens with one attached hydrogen (secondary N) is 1. The van der Waals surface area contributed by atoms with Crippen LogP contribution in [0.5, 0.6) is 17.2 Å². The molecule has 7 rings (SSSR count). The highest BCUT2D eigenvalue weighted by Gasteiger charge is 2.21. The van der Waals surface area contributed by atoms with Crippen molar-refractivity contribution in [1.29, 1.82) is 5.26 Å². The maximum atomic E-state index is 9.36. The van der Waals surface area contributed by atoms with Crippen LogP contribution in [0.1, 0.15) is 63.9 Å². The summed E-state index contributed by atoms with van der Waals surface area (Å²) in [4.78, 5) is 9.07. The number of aromatic nitrogens is 3. The Balaban J connectivity index is 1.07. The molecule has 1 fully saturated rings. The molecule has 0 spiro atoms. The van der Waals surface area contributed by atoms with Gasteiger partial charge in [-0.25, -0.2) is 0 Å². The molecule has 2 aliphatic rings. The first kappa shape index (κ1) is 35.5. The van der Waals surface area contributed by atoms with Crippen LogP contribution in [0.4, 0.5) is 0 Å². The van der Waals surface area contributed by atoms with E-state index in [-0.39, 0.29) is 6.61 Å². The standard InChI is InChI=1S/C42H45ClN6O3/c1-29-34(8-5-9-36(29)37-10-6-11-40(30(37)2)50-17-7-15-48-13-3-4-14-48)28-52-42-20-41(51-27-32-18-31(21-44)22-45-23-32)35(19-38(42)43)25-49-16-12-33-24-46-47-39(33)26-49/h5-6,8-11,18-20,22-24H,3-4,7,12-17,25-28H2,1-2H3,(H,46,47). The van der Waals surface area contributed by atoms with Crippen LogP contribution in [0.3, 0.4) is 0 Å². The maximum absolute atomic E-state index is 9.36. The average Bonchev–Trinajstić information content (AvgIpc) is 3.86. The summed E-state index contributed by atoms with van der Waals surface area (Å²) < 4.78 is 19.1. The first-order valence-electron chi connectivity index (χ1n) is 18.1. The lowest BCUT2D eigenvalue weighted by atomic mass is 9.93. The number of hydrogen-bond donors (Lipinski definition) is 1. The second-order valence-electron chi connectivity index (χ2n) is 13.8. The van der Waals surface area contributed by atoms with Gasteiger partial charge in [0.1, 0.15) is 36.5 Å². The second-order valence-corrected chi connectivity index (χ2v) is 14.2. The predicted molar refractivity (Wildman–Crippen MR) is 203 cm³/mol. The van der Waals surface area contributed by atoms with Crippen LogP contribution in [0.2, 0.25) is 5.02 Å². The summed E-state index contributed by atoms with van der Waals surface area (Å²) in [5.74, 6) is 2.16. The van der Waals surface area contributed by atoms with Crippen molar-refractivity contribution in [3.8, 4) is 34.4 Å². The molecular formula is C42H45ClN6O3. The fourth-order valence-corrected chi connectivity index (χ4v) is 7.45. The summed E-state index contributed by atoms with van der Waals surface area (Å²) >= 11 is 6.92. The largest absolute Gasteiger partial charge is 0.493 e. The van der Waals surface area contributed by atoms with Crippen molar-refractivity contribution in [2.24, 2.45) is 0 Å². The number of nitrogens with zero attached hydrogens (tertiary/aromatic N) is 5. The highest BCUT2D eigenvalue weighted by molar-refractivity contribution is 6.32. The molecule has 0 aliphatic carbocycles. The number of H-pyrrole nitrogens is 1. The van der Waals surface area contributed by atoms with Crippen molar-refractivity contribution >= 4 is 11.6 Å². The van der Waals surface area contributed by atoms with Crippen LogP contribution in [0.15, 0.2) is 73.2 Å². The maximum Gasteiger partial charge on any atom is 0.142 e. The fourth-order valence-electron chi connectivity index (χ4n) is 7.21. The number of aromatic amines is 1. The topological polar surface area (TPSA) is 99.5 Å². The second kappa shape index (κ2) is 16.6. The number of pyridine rings is 1. The third-order valence-corrected chi connectivity index (χ3v) is 10.5. The quantitative estimate of drug-likeness (QED) is 0.115. The molecule has 3 aromatic carbocycles. The number of rotatable bonds is 14. The molecule has 0 saturated carbocycles. The van der Waals surface area contributed by atoms with Gasteiger partial charge in [0.15, 0.2) is 0 Å². The van der Waals surface area contributed by atoms with E-state index < -0.39 is 0 Å². The number of ether oxygens (including phenoxy) is 3. The predicted octanol–water partition coefficient (Wildman–Crippen LogP) is 8.19. The van der Waals surface area contributed by atoms with Crippen molar-refractivity contribution in [3.05, 3.63) is 123 Å². The van der Waals surface area contributed by atoms with Gasteiger partial charge in [-0.05, 0) is 104 Å².